The number of amides is 3. The van der Waals surface area contributed by atoms with Crippen LogP contribution < -0.4 is 15.0 Å². The summed E-state index contributed by atoms with van der Waals surface area (Å²) in [5, 5.41) is 11.6. The van der Waals surface area contributed by atoms with Crippen molar-refractivity contribution in [1.29, 1.82) is 5.26 Å². The van der Waals surface area contributed by atoms with Gasteiger partial charge in [0.1, 0.15) is 23.1 Å². The minimum atomic E-state index is -0.753. The molecule has 0 bridgehead atoms. The Labute approximate surface area is 255 Å². The van der Waals surface area contributed by atoms with Crippen LogP contribution in [0.25, 0.3) is 0 Å². The molecule has 9 heteroatoms. The van der Waals surface area contributed by atoms with Crippen LogP contribution in [0, 0.1) is 29.6 Å². The standard InChI is InChI=1S/C28H33ClN4O4.C5H10/c1-8-10-20(16-30)26(34)32-28(35)33(6)21-14-19(9-2)25(23(29)15-21)37-22-11-12-24(18(5)13-22)31-27(36-7)17(3)4;1-5(2)3-4-5/h10-15,17H,8-9H2,1-7H3,(H,32,34,35);3-4H2,1-2H3/b20-10+,31-27?;. The van der Waals surface area contributed by atoms with Crippen molar-refractivity contribution in [2.45, 2.75) is 74.1 Å². The Morgan fingerprint density at radius 3 is 2.33 bits per heavy atom. The molecule has 226 valence electrons. The highest BCUT2D eigenvalue weighted by molar-refractivity contribution is 6.32. The summed E-state index contributed by atoms with van der Waals surface area (Å²) in [4.78, 5) is 30.7. The Hall–Kier alpha value is -3.83. The lowest BCUT2D eigenvalue weighted by Gasteiger charge is -2.21. The molecule has 3 amide bonds. The fourth-order valence-electron chi connectivity index (χ4n) is 3.68. The lowest BCUT2D eigenvalue weighted by atomic mass is 10.1. The Morgan fingerprint density at radius 2 is 1.86 bits per heavy atom. The van der Waals surface area contributed by atoms with Gasteiger partial charge >= 0.3 is 6.03 Å². The van der Waals surface area contributed by atoms with Crippen LogP contribution in [0.2, 0.25) is 5.02 Å². The number of hydrogen-bond donors (Lipinski definition) is 1. The summed E-state index contributed by atoms with van der Waals surface area (Å²) in [6.07, 6.45) is 5.45. The number of carbonyl (C=O) groups excluding carboxylic acids is 2. The van der Waals surface area contributed by atoms with Crippen LogP contribution >= 0.6 is 11.6 Å². The van der Waals surface area contributed by atoms with E-state index in [2.05, 4.69) is 24.2 Å². The highest BCUT2D eigenvalue weighted by atomic mass is 35.5. The number of nitriles is 1. The van der Waals surface area contributed by atoms with E-state index in [9.17, 15) is 9.59 Å². The molecule has 0 spiro atoms. The molecule has 0 unspecified atom stereocenters. The highest BCUT2D eigenvalue weighted by Crippen LogP contribution is 2.43. The molecule has 1 fully saturated rings. The summed E-state index contributed by atoms with van der Waals surface area (Å²) in [5.41, 5.74) is 3.58. The quantitative estimate of drug-likeness (QED) is 0.142. The maximum atomic E-state index is 12.6. The van der Waals surface area contributed by atoms with Gasteiger partial charge in [-0.25, -0.2) is 9.79 Å². The molecule has 1 saturated carbocycles. The van der Waals surface area contributed by atoms with Gasteiger partial charge in [-0.1, -0.05) is 59.2 Å². The fourth-order valence-corrected chi connectivity index (χ4v) is 3.95. The molecular formula is C33H43ClN4O4. The van der Waals surface area contributed by atoms with E-state index in [1.165, 1.54) is 30.9 Å². The van der Waals surface area contributed by atoms with E-state index in [4.69, 9.17) is 26.3 Å². The van der Waals surface area contributed by atoms with Crippen molar-refractivity contribution in [3.05, 3.63) is 58.1 Å². The topological polar surface area (TPSA) is 104 Å². The lowest BCUT2D eigenvalue weighted by Crippen LogP contribution is -2.41. The number of imide groups is 1. The number of nitrogens with one attached hydrogen (secondary N) is 1. The van der Waals surface area contributed by atoms with Gasteiger partial charge in [0.25, 0.3) is 5.91 Å². The number of hydrogen-bond acceptors (Lipinski definition) is 6. The number of aliphatic imine (C=N–C) groups is 1. The summed E-state index contributed by atoms with van der Waals surface area (Å²) in [6, 6.07) is 10.0. The van der Waals surface area contributed by atoms with Crippen LogP contribution in [-0.4, -0.2) is 32.0 Å². The van der Waals surface area contributed by atoms with Gasteiger partial charge in [-0.15, -0.1) is 0 Å². The van der Waals surface area contributed by atoms with Crippen LogP contribution in [0.3, 0.4) is 0 Å². The Morgan fingerprint density at radius 1 is 1.21 bits per heavy atom. The molecule has 8 nitrogen and oxygen atoms in total. The summed E-state index contributed by atoms with van der Waals surface area (Å²) in [6.45, 7) is 14.3. The largest absolute Gasteiger partial charge is 0.484 e. The van der Waals surface area contributed by atoms with Crippen LogP contribution in [-0.2, 0) is 16.0 Å². The van der Waals surface area contributed by atoms with Crippen molar-refractivity contribution in [3.8, 4) is 17.6 Å². The van der Waals surface area contributed by atoms with Crippen LogP contribution in [0.5, 0.6) is 11.5 Å². The molecule has 0 atom stereocenters. The molecule has 0 saturated heterocycles. The fraction of sp³-hybridized carbons (Fsp3) is 0.455. The van der Waals surface area contributed by atoms with Gasteiger partial charge in [0, 0.05) is 18.7 Å². The molecule has 3 rings (SSSR count). The molecule has 2 aromatic rings. The molecule has 0 heterocycles. The van der Waals surface area contributed by atoms with Crippen molar-refractivity contribution in [1.82, 2.24) is 5.32 Å². The number of anilines is 1. The van der Waals surface area contributed by atoms with Gasteiger partial charge in [-0.2, -0.15) is 5.26 Å². The van der Waals surface area contributed by atoms with Crippen molar-refractivity contribution in [3.63, 3.8) is 0 Å². The molecule has 2 aromatic carbocycles. The second-order valence-corrected chi connectivity index (χ2v) is 11.7. The van der Waals surface area contributed by atoms with Gasteiger partial charge in [-0.05, 0) is 79.5 Å². The smallest absolute Gasteiger partial charge is 0.328 e. The summed E-state index contributed by atoms with van der Waals surface area (Å²) >= 11 is 6.58. The third-order valence-electron chi connectivity index (χ3n) is 6.74. The highest BCUT2D eigenvalue weighted by Gasteiger charge is 2.30. The van der Waals surface area contributed by atoms with E-state index in [1.807, 2.05) is 45.9 Å². The van der Waals surface area contributed by atoms with Gasteiger partial charge in [0.2, 0.25) is 0 Å². The van der Waals surface area contributed by atoms with E-state index in [-0.39, 0.29) is 11.5 Å². The average molecular weight is 595 g/mol. The lowest BCUT2D eigenvalue weighted by molar-refractivity contribution is -0.116. The zero-order chi connectivity index (χ0) is 31.6. The zero-order valence-electron chi connectivity index (χ0n) is 26.2. The number of nitrogens with zero attached hydrogens (tertiary/aromatic N) is 3. The number of rotatable bonds is 8. The minimum absolute atomic E-state index is 0.116. The first kappa shape index (κ1) is 34.4. The molecule has 1 N–H and O–H groups in total. The van der Waals surface area contributed by atoms with Gasteiger partial charge in [-0.3, -0.25) is 15.0 Å². The first-order valence-corrected chi connectivity index (χ1v) is 14.6. The van der Waals surface area contributed by atoms with Crippen LogP contribution in [0.1, 0.15) is 71.9 Å². The van der Waals surface area contributed by atoms with E-state index < -0.39 is 11.9 Å². The molecule has 1 aliphatic rings. The maximum Gasteiger partial charge on any atom is 0.328 e. The monoisotopic (exact) mass is 594 g/mol. The normalized spacial score (nSPS) is 13.9. The number of aryl methyl sites for hydroxylation is 2. The zero-order valence-corrected chi connectivity index (χ0v) is 27.0. The van der Waals surface area contributed by atoms with Crippen molar-refractivity contribution in [2.75, 3.05) is 19.1 Å². The molecular weight excluding hydrogens is 552 g/mol. The number of methoxy groups -OCH3 is 1. The van der Waals surface area contributed by atoms with Crippen LogP contribution in [0.4, 0.5) is 16.2 Å². The van der Waals surface area contributed by atoms with Crippen LogP contribution in [0.15, 0.2) is 47.0 Å². The third kappa shape index (κ3) is 9.92. The predicted octanol–water partition coefficient (Wildman–Crippen LogP) is 8.67. The number of allylic oxidation sites excluding steroid dienone is 1. The van der Waals surface area contributed by atoms with Crippen molar-refractivity contribution in [2.24, 2.45) is 16.3 Å². The van der Waals surface area contributed by atoms with E-state index in [1.54, 1.807) is 32.2 Å². The maximum absolute atomic E-state index is 12.6. The number of ether oxygens (including phenoxy) is 2. The second kappa shape index (κ2) is 15.4. The number of halogens is 1. The van der Waals surface area contributed by atoms with Gasteiger partial charge in [0.05, 0.1) is 17.8 Å². The summed E-state index contributed by atoms with van der Waals surface area (Å²) in [5.74, 6) is 1.11. The number of benzene rings is 2. The minimum Gasteiger partial charge on any atom is -0.484 e. The number of carbonyl (C=O) groups is 2. The Balaban J connectivity index is 0.00000111. The Bertz CT molecular complexity index is 1380. The third-order valence-corrected chi connectivity index (χ3v) is 7.02. The van der Waals surface area contributed by atoms with Gasteiger partial charge < -0.3 is 9.47 Å². The Kier molecular flexibility index (Phi) is 12.6. The molecule has 0 radical (unpaired) electrons. The molecule has 0 aliphatic heterocycles. The predicted molar refractivity (Wildman–Crippen MR) is 170 cm³/mol. The van der Waals surface area contributed by atoms with E-state index in [0.717, 1.165) is 22.2 Å². The SMILES string of the molecule is CC/C=C(\C#N)C(=O)NC(=O)N(C)c1cc(Cl)c(Oc2ccc(N=C(OC)C(C)C)c(C)c2)c(CC)c1.CC1(C)CC1. The summed E-state index contributed by atoms with van der Waals surface area (Å²) in [7, 11) is 3.12. The first-order chi connectivity index (χ1) is 19.8. The van der Waals surface area contributed by atoms with E-state index in [0.29, 0.717) is 40.9 Å². The van der Waals surface area contributed by atoms with E-state index >= 15 is 0 Å². The summed E-state index contributed by atoms with van der Waals surface area (Å²) < 4.78 is 11.5. The molecule has 42 heavy (non-hydrogen) atoms. The first-order valence-electron chi connectivity index (χ1n) is 14.2. The van der Waals surface area contributed by atoms with Gasteiger partial charge in [0.15, 0.2) is 5.90 Å². The molecule has 0 aromatic heterocycles. The average Bonchev–Trinajstić information content (AvgIpc) is 3.65. The van der Waals surface area contributed by atoms with Crippen molar-refractivity contribution < 1.29 is 19.1 Å². The molecule has 1 aliphatic carbocycles. The number of urea groups is 1. The second-order valence-electron chi connectivity index (χ2n) is 11.2. The van der Waals surface area contributed by atoms with Crippen molar-refractivity contribution >= 4 is 40.8 Å².